The van der Waals surface area contributed by atoms with Crippen LogP contribution in [0.25, 0.3) is 0 Å². The van der Waals surface area contributed by atoms with Crippen LogP contribution in [0, 0.1) is 18.6 Å². The first-order chi connectivity index (χ1) is 8.58. The molecule has 0 fully saturated rings. The van der Waals surface area contributed by atoms with Crippen molar-refractivity contribution in [3.8, 4) is 11.5 Å². The number of halogens is 2. The second-order valence-electron chi connectivity index (χ2n) is 3.99. The van der Waals surface area contributed by atoms with Gasteiger partial charge >= 0.3 is 0 Å². The fraction of sp³-hybridized carbons (Fsp3) is 0.143. The fourth-order valence-electron chi connectivity index (χ4n) is 1.48. The molecule has 2 aromatic rings. The van der Waals surface area contributed by atoms with Crippen LogP contribution in [0.5, 0.6) is 11.5 Å². The number of aryl methyl sites for hydroxylation is 1. The molecule has 2 aromatic carbocycles. The van der Waals surface area contributed by atoms with Crippen molar-refractivity contribution < 1.29 is 18.6 Å². The van der Waals surface area contributed by atoms with Gasteiger partial charge in [-0.25, -0.2) is 0 Å². The minimum Gasteiger partial charge on any atom is -0.505 e. The van der Waals surface area contributed by atoms with Gasteiger partial charge in [0, 0.05) is 0 Å². The number of aromatic hydroxyl groups is 1. The molecule has 0 bridgehead atoms. The SMILES string of the molecule is Cc1ccc(COc2ccc(O)c(F)c2F)cc1. The Morgan fingerprint density at radius 3 is 2.33 bits per heavy atom. The van der Waals surface area contributed by atoms with Gasteiger partial charge < -0.3 is 9.84 Å². The molecule has 0 aliphatic carbocycles. The molecule has 4 heteroatoms. The normalized spacial score (nSPS) is 10.4. The van der Waals surface area contributed by atoms with E-state index in [2.05, 4.69) is 0 Å². The Morgan fingerprint density at radius 2 is 1.67 bits per heavy atom. The average molecular weight is 250 g/mol. The Morgan fingerprint density at radius 1 is 1.00 bits per heavy atom. The number of ether oxygens (including phenoxy) is 1. The Hall–Kier alpha value is -2.10. The summed E-state index contributed by atoms with van der Waals surface area (Å²) in [5.74, 6) is -3.42. The first kappa shape index (κ1) is 12.4. The predicted molar refractivity (Wildman–Crippen MR) is 63.5 cm³/mol. The van der Waals surface area contributed by atoms with Gasteiger partial charge in [0.25, 0.3) is 0 Å². The zero-order valence-electron chi connectivity index (χ0n) is 9.78. The van der Waals surface area contributed by atoms with Crippen LogP contribution in [0.3, 0.4) is 0 Å². The number of hydrogen-bond donors (Lipinski definition) is 1. The van der Waals surface area contributed by atoms with Crippen LogP contribution in [0.1, 0.15) is 11.1 Å². The highest BCUT2D eigenvalue weighted by Crippen LogP contribution is 2.26. The quantitative estimate of drug-likeness (QED) is 0.902. The first-order valence-electron chi connectivity index (χ1n) is 5.43. The van der Waals surface area contributed by atoms with Gasteiger partial charge in [-0.05, 0) is 24.6 Å². The van der Waals surface area contributed by atoms with E-state index in [9.17, 15) is 8.78 Å². The van der Waals surface area contributed by atoms with Gasteiger partial charge in [0.15, 0.2) is 11.5 Å². The third-order valence-electron chi connectivity index (χ3n) is 2.54. The summed E-state index contributed by atoms with van der Waals surface area (Å²) in [4.78, 5) is 0. The van der Waals surface area contributed by atoms with Gasteiger partial charge in [-0.3, -0.25) is 0 Å². The molecule has 0 heterocycles. The van der Waals surface area contributed by atoms with Crippen molar-refractivity contribution >= 4 is 0 Å². The van der Waals surface area contributed by atoms with Crippen molar-refractivity contribution in [2.45, 2.75) is 13.5 Å². The first-order valence-corrected chi connectivity index (χ1v) is 5.43. The van der Waals surface area contributed by atoms with Crippen LogP contribution in [-0.2, 0) is 6.61 Å². The lowest BCUT2D eigenvalue weighted by Crippen LogP contribution is -1.99. The zero-order valence-corrected chi connectivity index (χ0v) is 9.78. The van der Waals surface area contributed by atoms with Gasteiger partial charge in [0.2, 0.25) is 11.6 Å². The lowest BCUT2D eigenvalue weighted by atomic mass is 10.2. The van der Waals surface area contributed by atoms with E-state index >= 15 is 0 Å². The lowest BCUT2D eigenvalue weighted by Gasteiger charge is -2.08. The van der Waals surface area contributed by atoms with Crippen molar-refractivity contribution in [1.29, 1.82) is 0 Å². The minimum absolute atomic E-state index is 0.140. The largest absolute Gasteiger partial charge is 0.505 e. The van der Waals surface area contributed by atoms with Gasteiger partial charge in [0.1, 0.15) is 6.61 Å². The summed E-state index contributed by atoms with van der Waals surface area (Å²) in [6.07, 6.45) is 0. The number of phenolic OH excluding ortho intramolecular Hbond substituents is 1. The van der Waals surface area contributed by atoms with Crippen molar-refractivity contribution in [3.63, 3.8) is 0 Å². The molecule has 0 aliphatic heterocycles. The molecule has 0 amide bonds. The second-order valence-corrected chi connectivity index (χ2v) is 3.99. The lowest BCUT2D eigenvalue weighted by molar-refractivity contribution is 0.281. The molecule has 0 unspecified atom stereocenters. The Kier molecular flexibility index (Phi) is 3.46. The molecule has 0 radical (unpaired) electrons. The average Bonchev–Trinajstić information content (AvgIpc) is 2.37. The summed E-state index contributed by atoms with van der Waals surface area (Å²) in [5, 5.41) is 8.97. The summed E-state index contributed by atoms with van der Waals surface area (Å²) in [5.41, 5.74) is 1.97. The third-order valence-corrected chi connectivity index (χ3v) is 2.54. The Balaban J connectivity index is 2.11. The van der Waals surface area contributed by atoms with Crippen LogP contribution in [0.15, 0.2) is 36.4 Å². The minimum atomic E-state index is -1.29. The molecule has 2 rings (SSSR count). The van der Waals surface area contributed by atoms with Crippen LogP contribution in [-0.4, -0.2) is 5.11 Å². The standard InChI is InChI=1S/C14H12F2O2/c1-9-2-4-10(5-3-9)8-18-12-7-6-11(17)13(15)14(12)16/h2-7,17H,8H2,1H3. The highest BCUT2D eigenvalue weighted by atomic mass is 19.2. The summed E-state index contributed by atoms with van der Waals surface area (Å²) in [6.45, 7) is 2.10. The van der Waals surface area contributed by atoms with Crippen molar-refractivity contribution in [3.05, 3.63) is 59.2 Å². The van der Waals surface area contributed by atoms with E-state index in [1.807, 2.05) is 31.2 Å². The molecule has 0 spiro atoms. The number of benzene rings is 2. The van der Waals surface area contributed by atoms with Gasteiger partial charge in [-0.15, -0.1) is 0 Å². The Labute approximate surface area is 103 Å². The third kappa shape index (κ3) is 2.59. The predicted octanol–water partition coefficient (Wildman–Crippen LogP) is 3.56. The molecular weight excluding hydrogens is 238 g/mol. The molecule has 0 saturated carbocycles. The molecular formula is C14H12F2O2. The van der Waals surface area contributed by atoms with Crippen LogP contribution >= 0.6 is 0 Å². The maximum atomic E-state index is 13.4. The highest BCUT2D eigenvalue weighted by molar-refractivity contribution is 5.34. The Bertz CT molecular complexity index is 550. The van der Waals surface area contributed by atoms with E-state index < -0.39 is 17.4 Å². The summed E-state index contributed by atoms with van der Waals surface area (Å²) in [6, 6.07) is 9.78. The molecule has 94 valence electrons. The van der Waals surface area contributed by atoms with E-state index in [1.165, 1.54) is 6.07 Å². The van der Waals surface area contributed by atoms with Crippen LogP contribution < -0.4 is 4.74 Å². The number of rotatable bonds is 3. The zero-order chi connectivity index (χ0) is 13.1. The highest BCUT2D eigenvalue weighted by Gasteiger charge is 2.13. The summed E-state index contributed by atoms with van der Waals surface area (Å²) < 4.78 is 31.6. The van der Waals surface area contributed by atoms with E-state index in [-0.39, 0.29) is 12.4 Å². The van der Waals surface area contributed by atoms with Gasteiger partial charge in [0.05, 0.1) is 0 Å². The maximum absolute atomic E-state index is 13.4. The smallest absolute Gasteiger partial charge is 0.204 e. The van der Waals surface area contributed by atoms with Crippen LogP contribution in [0.4, 0.5) is 8.78 Å². The molecule has 1 N–H and O–H groups in total. The van der Waals surface area contributed by atoms with Gasteiger partial charge in [-0.1, -0.05) is 29.8 Å². The molecule has 0 saturated heterocycles. The van der Waals surface area contributed by atoms with E-state index in [4.69, 9.17) is 9.84 Å². The molecule has 18 heavy (non-hydrogen) atoms. The topological polar surface area (TPSA) is 29.5 Å². The molecule has 0 aliphatic rings. The van der Waals surface area contributed by atoms with Crippen LogP contribution in [0.2, 0.25) is 0 Å². The van der Waals surface area contributed by atoms with Crippen molar-refractivity contribution in [2.75, 3.05) is 0 Å². The molecule has 0 atom stereocenters. The molecule has 0 aromatic heterocycles. The van der Waals surface area contributed by atoms with Crippen molar-refractivity contribution in [2.24, 2.45) is 0 Å². The van der Waals surface area contributed by atoms with Crippen molar-refractivity contribution in [1.82, 2.24) is 0 Å². The summed E-state index contributed by atoms with van der Waals surface area (Å²) >= 11 is 0. The monoisotopic (exact) mass is 250 g/mol. The second kappa shape index (κ2) is 5.04. The van der Waals surface area contributed by atoms with E-state index in [0.29, 0.717) is 0 Å². The maximum Gasteiger partial charge on any atom is 0.204 e. The molecule has 2 nitrogen and oxygen atoms in total. The van der Waals surface area contributed by atoms with E-state index in [1.54, 1.807) is 0 Å². The number of phenols is 1. The van der Waals surface area contributed by atoms with Gasteiger partial charge in [-0.2, -0.15) is 8.78 Å². The number of hydrogen-bond acceptors (Lipinski definition) is 2. The van der Waals surface area contributed by atoms with E-state index in [0.717, 1.165) is 17.2 Å². The fourth-order valence-corrected chi connectivity index (χ4v) is 1.48. The summed E-state index contributed by atoms with van der Waals surface area (Å²) in [7, 11) is 0.